The van der Waals surface area contributed by atoms with E-state index in [1.165, 1.54) is 12.8 Å². The van der Waals surface area contributed by atoms with Gasteiger partial charge in [-0.25, -0.2) is 0 Å². The molecule has 1 atom stereocenters. The monoisotopic (exact) mass is 159 g/mol. The highest BCUT2D eigenvalue weighted by atomic mass is 16.3. The van der Waals surface area contributed by atoms with Crippen LogP contribution in [0.1, 0.15) is 19.8 Å². The molecule has 0 aromatic rings. The Morgan fingerprint density at radius 2 is 1.91 bits per heavy atom. The van der Waals surface area contributed by atoms with Gasteiger partial charge in [-0.15, -0.1) is 0 Å². The van der Waals surface area contributed by atoms with Crippen molar-refractivity contribution in [2.24, 2.45) is 0 Å². The second kappa shape index (κ2) is 3.52. The lowest BCUT2D eigenvalue weighted by atomic mass is 10.1. The Kier molecular flexibility index (Phi) is 2.87. The molecule has 66 valence electrons. The van der Waals surface area contributed by atoms with Crippen molar-refractivity contribution in [3.8, 4) is 0 Å². The summed E-state index contributed by atoms with van der Waals surface area (Å²) in [6.07, 6.45) is 2.45. The first kappa shape index (κ1) is 8.97. The van der Waals surface area contributed by atoms with Crippen molar-refractivity contribution < 1.29 is 10.2 Å². The first-order valence-corrected chi connectivity index (χ1v) is 4.20. The zero-order valence-corrected chi connectivity index (χ0v) is 7.08. The molecule has 0 saturated carbocycles. The van der Waals surface area contributed by atoms with Gasteiger partial charge in [-0.3, -0.25) is 0 Å². The van der Waals surface area contributed by atoms with Gasteiger partial charge < -0.3 is 15.1 Å². The summed E-state index contributed by atoms with van der Waals surface area (Å²) in [5.41, 5.74) is -0.912. The molecule has 0 aromatic carbocycles. The Balaban J connectivity index is 2.28. The Bertz CT molecular complexity index is 119. The summed E-state index contributed by atoms with van der Waals surface area (Å²) in [7, 11) is 0. The minimum Gasteiger partial charge on any atom is -0.393 e. The molecule has 1 unspecified atom stereocenters. The van der Waals surface area contributed by atoms with Crippen LogP contribution < -0.4 is 0 Å². The molecular formula is C8H17NO2. The molecule has 1 heterocycles. The standard InChI is InChI=1S/C8H17NO2/c1-8(11,7-10)6-9-4-2-3-5-9/h10-11H,2-7H2,1H3. The predicted octanol–water partition coefficient (Wildman–Crippen LogP) is -0.175. The second-order valence-electron chi connectivity index (χ2n) is 3.64. The molecule has 1 rings (SSSR count). The van der Waals surface area contributed by atoms with Crippen LogP contribution in [0.4, 0.5) is 0 Å². The van der Waals surface area contributed by atoms with E-state index in [0.29, 0.717) is 6.54 Å². The molecule has 1 aliphatic heterocycles. The van der Waals surface area contributed by atoms with E-state index in [9.17, 15) is 5.11 Å². The third-order valence-electron chi connectivity index (χ3n) is 2.10. The maximum atomic E-state index is 9.49. The fourth-order valence-corrected chi connectivity index (χ4v) is 1.47. The van der Waals surface area contributed by atoms with Crippen molar-refractivity contribution in [2.45, 2.75) is 25.4 Å². The van der Waals surface area contributed by atoms with E-state index >= 15 is 0 Å². The summed E-state index contributed by atoms with van der Waals surface area (Å²) < 4.78 is 0. The Hall–Kier alpha value is -0.120. The number of hydrogen-bond acceptors (Lipinski definition) is 3. The van der Waals surface area contributed by atoms with Crippen molar-refractivity contribution in [3.05, 3.63) is 0 Å². The van der Waals surface area contributed by atoms with Gasteiger partial charge in [-0.1, -0.05) is 0 Å². The average Bonchev–Trinajstić information content (AvgIpc) is 2.39. The van der Waals surface area contributed by atoms with Crippen LogP contribution in [-0.4, -0.2) is 47.0 Å². The minimum atomic E-state index is -0.912. The van der Waals surface area contributed by atoms with E-state index in [1.54, 1.807) is 6.92 Å². The van der Waals surface area contributed by atoms with Crippen molar-refractivity contribution >= 4 is 0 Å². The zero-order valence-electron chi connectivity index (χ0n) is 7.08. The van der Waals surface area contributed by atoms with E-state index in [4.69, 9.17) is 5.11 Å². The summed E-state index contributed by atoms with van der Waals surface area (Å²) in [5.74, 6) is 0. The molecule has 0 amide bonds. The molecule has 3 nitrogen and oxygen atoms in total. The molecule has 0 aliphatic carbocycles. The molecular weight excluding hydrogens is 142 g/mol. The van der Waals surface area contributed by atoms with Crippen molar-refractivity contribution in [1.82, 2.24) is 4.90 Å². The highest BCUT2D eigenvalue weighted by Crippen LogP contribution is 2.12. The largest absolute Gasteiger partial charge is 0.393 e. The zero-order chi connectivity index (χ0) is 8.32. The maximum Gasteiger partial charge on any atom is 0.0975 e. The number of hydrogen-bond donors (Lipinski definition) is 2. The SMILES string of the molecule is CC(O)(CO)CN1CCCC1. The fraction of sp³-hybridized carbons (Fsp3) is 1.00. The fourth-order valence-electron chi connectivity index (χ4n) is 1.47. The van der Waals surface area contributed by atoms with Gasteiger partial charge in [-0.05, 0) is 32.9 Å². The number of aliphatic hydroxyl groups excluding tert-OH is 1. The van der Waals surface area contributed by atoms with Gasteiger partial charge >= 0.3 is 0 Å². The Labute approximate surface area is 67.6 Å². The number of likely N-dealkylation sites (tertiary alicyclic amines) is 1. The normalized spacial score (nSPS) is 25.4. The molecule has 1 aliphatic rings. The van der Waals surface area contributed by atoms with Crippen LogP contribution in [0.5, 0.6) is 0 Å². The van der Waals surface area contributed by atoms with Gasteiger partial charge in [-0.2, -0.15) is 0 Å². The third kappa shape index (κ3) is 2.77. The lowest BCUT2D eigenvalue weighted by Gasteiger charge is -2.26. The van der Waals surface area contributed by atoms with E-state index in [2.05, 4.69) is 4.90 Å². The average molecular weight is 159 g/mol. The molecule has 0 bridgehead atoms. The summed E-state index contributed by atoms with van der Waals surface area (Å²) in [4.78, 5) is 2.19. The summed E-state index contributed by atoms with van der Waals surface area (Å²) in [5, 5.41) is 18.3. The number of nitrogens with zero attached hydrogens (tertiary/aromatic N) is 1. The van der Waals surface area contributed by atoms with Crippen molar-refractivity contribution in [1.29, 1.82) is 0 Å². The molecule has 0 spiro atoms. The van der Waals surface area contributed by atoms with Crippen molar-refractivity contribution in [2.75, 3.05) is 26.2 Å². The molecule has 1 saturated heterocycles. The summed E-state index contributed by atoms with van der Waals surface area (Å²) >= 11 is 0. The first-order chi connectivity index (χ1) is 5.14. The highest BCUT2D eigenvalue weighted by Gasteiger charge is 2.24. The van der Waals surface area contributed by atoms with Crippen LogP contribution in [0.2, 0.25) is 0 Å². The van der Waals surface area contributed by atoms with Crippen LogP contribution in [0.25, 0.3) is 0 Å². The quantitative estimate of drug-likeness (QED) is 0.600. The molecule has 3 heteroatoms. The number of rotatable bonds is 3. The Morgan fingerprint density at radius 1 is 1.36 bits per heavy atom. The molecule has 0 aromatic heterocycles. The van der Waals surface area contributed by atoms with Gasteiger partial charge in [0, 0.05) is 6.54 Å². The molecule has 11 heavy (non-hydrogen) atoms. The minimum absolute atomic E-state index is 0.149. The predicted molar refractivity (Wildman–Crippen MR) is 43.4 cm³/mol. The van der Waals surface area contributed by atoms with Gasteiger partial charge in [0.25, 0.3) is 0 Å². The topological polar surface area (TPSA) is 43.7 Å². The van der Waals surface area contributed by atoms with E-state index in [1.807, 2.05) is 0 Å². The van der Waals surface area contributed by atoms with Gasteiger partial charge in [0.1, 0.15) is 0 Å². The Morgan fingerprint density at radius 3 is 2.36 bits per heavy atom. The van der Waals surface area contributed by atoms with Crippen LogP contribution in [0, 0.1) is 0 Å². The summed E-state index contributed by atoms with van der Waals surface area (Å²) in [6.45, 7) is 4.25. The smallest absolute Gasteiger partial charge is 0.0975 e. The number of β-amino-alcohol motifs (C(OH)–C–C–N with tert-alkyl or cyclic N) is 1. The molecule has 2 N–H and O–H groups in total. The van der Waals surface area contributed by atoms with E-state index < -0.39 is 5.60 Å². The number of aliphatic hydroxyl groups is 2. The van der Waals surface area contributed by atoms with Crippen LogP contribution in [-0.2, 0) is 0 Å². The van der Waals surface area contributed by atoms with Gasteiger partial charge in [0.15, 0.2) is 0 Å². The van der Waals surface area contributed by atoms with Crippen molar-refractivity contribution in [3.63, 3.8) is 0 Å². The lowest BCUT2D eigenvalue weighted by molar-refractivity contribution is -0.0210. The van der Waals surface area contributed by atoms with Crippen LogP contribution >= 0.6 is 0 Å². The third-order valence-corrected chi connectivity index (χ3v) is 2.10. The van der Waals surface area contributed by atoms with Crippen LogP contribution in [0.3, 0.4) is 0 Å². The maximum absolute atomic E-state index is 9.49. The van der Waals surface area contributed by atoms with Crippen LogP contribution in [0.15, 0.2) is 0 Å². The van der Waals surface area contributed by atoms with Gasteiger partial charge in [0.2, 0.25) is 0 Å². The molecule has 1 fully saturated rings. The first-order valence-electron chi connectivity index (χ1n) is 4.20. The molecule has 0 radical (unpaired) electrons. The second-order valence-corrected chi connectivity index (χ2v) is 3.64. The van der Waals surface area contributed by atoms with Gasteiger partial charge in [0.05, 0.1) is 12.2 Å². The lowest BCUT2D eigenvalue weighted by Crippen LogP contribution is -2.42. The van der Waals surface area contributed by atoms with E-state index in [-0.39, 0.29) is 6.61 Å². The highest BCUT2D eigenvalue weighted by molar-refractivity contribution is 4.78. The van der Waals surface area contributed by atoms with E-state index in [0.717, 1.165) is 13.1 Å². The summed E-state index contributed by atoms with van der Waals surface area (Å²) in [6, 6.07) is 0.